The molecule has 0 unspecified atom stereocenters. The number of nitrogen functional groups attached to an aromatic ring is 1. The lowest BCUT2D eigenvalue weighted by atomic mass is 10.2. The summed E-state index contributed by atoms with van der Waals surface area (Å²) in [6.07, 6.45) is 1.63. The standard InChI is InChI=1S/C19H20BrN7O3S/c1-29-14-6-7-16(30-2)15(9-14)23-17(28)11-31-19-26-25-18(27(19)21)24-22-10-12-4-3-5-13(20)8-12/h3-10H,11,21H2,1-2H3,(H,23,28)(H,24,25)/b22-10+. The van der Waals surface area contributed by atoms with E-state index in [1.807, 2.05) is 24.3 Å². The minimum absolute atomic E-state index is 0.0665. The number of aromatic nitrogens is 3. The number of nitrogens with zero attached hydrogens (tertiary/aromatic N) is 4. The number of methoxy groups -OCH3 is 2. The van der Waals surface area contributed by atoms with Gasteiger partial charge in [-0.25, -0.2) is 10.1 Å². The maximum Gasteiger partial charge on any atom is 0.264 e. The Labute approximate surface area is 191 Å². The van der Waals surface area contributed by atoms with Gasteiger partial charge in [-0.15, -0.1) is 10.2 Å². The summed E-state index contributed by atoms with van der Waals surface area (Å²) in [7, 11) is 3.07. The maximum absolute atomic E-state index is 12.4. The molecule has 3 aromatic rings. The number of carbonyl (C=O) groups is 1. The quantitative estimate of drug-likeness (QED) is 0.175. The molecule has 0 aliphatic rings. The van der Waals surface area contributed by atoms with E-state index < -0.39 is 0 Å². The van der Waals surface area contributed by atoms with Crippen molar-refractivity contribution in [1.82, 2.24) is 14.9 Å². The van der Waals surface area contributed by atoms with Crippen LogP contribution in [0.15, 0.2) is 57.2 Å². The average Bonchev–Trinajstić information content (AvgIpc) is 3.11. The fraction of sp³-hybridized carbons (Fsp3) is 0.158. The van der Waals surface area contributed by atoms with Gasteiger partial charge in [0.2, 0.25) is 11.1 Å². The third kappa shape index (κ3) is 6.12. The SMILES string of the molecule is COc1ccc(OC)c(NC(=O)CSc2nnc(N/N=C/c3cccc(Br)c3)n2N)c1. The molecule has 162 valence electrons. The monoisotopic (exact) mass is 505 g/mol. The molecule has 0 saturated heterocycles. The van der Waals surface area contributed by atoms with Crippen molar-refractivity contribution in [3.8, 4) is 11.5 Å². The lowest BCUT2D eigenvalue weighted by Gasteiger charge is -2.11. The number of benzene rings is 2. The van der Waals surface area contributed by atoms with Gasteiger partial charge in [0.05, 0.1) is 31.9 Å². The third-order valence-corrected chi connectivity index (χ3v) is 5.34. The zero-order chi connectivity index (χ0) is 22.2. The van der Waals surface area contributed by atoms with Gasteiger partial charge in [-0.05, 0) is 29.8 Å². The smallest absolute Gasteiger partial charge is 0.264 e. The molecule has 0 radical (unpaired) electrons. The predicted molar refractivity (Wildman–Crippen MR) is 124 cm³/mol. The van der Waals surface area contributed by atoms with E-state index in [1.54, 1.807) is 31.5 Å². The number of hydrogen-bond acceptors (Lipinski definition) is 9. The molecule has 2 aromatic carbocycles. The van der Waals surface area contributed by atoms with Crippen molar-refractivity contribution in [1.29, 1.82) is 0 Å². The summed E-state index contributed by atoms with van der Waals surface area (Å²) in [4.78, 5) is 12.4. The van der Waals surface area contributed by atoms with Crippen LogP contribution in [0.4, 0.5) is 11.6 Å². The molecule has 31 heavy (non-hydrogen) atoms. The highest BCUT2D eigenvalue weighted by atomic mass is 79.9. The van der Waals surface area contributed by atoms with Crippen molar-refractivity contribution in [2.75, 3.05) is 36.6 Å². The van der Waals surface area contributed by atoms with Crippen LogP contribution in [0.1, 0.15) is 5.56 Å². The van der Waals surface area contributed by atoms with E-state index in [2.05, 4.69) is 42.0 Å². The molecule has 0 fully saturated rings. The Kier molecular flexibility index (Phi) is 7.73. The molecular formula is C19H20BrN7O3S. The van der Waals surface area contributed by atoms with Crippen LogP contribution in [0, 0.1) is 0 Å². The van der Waals surface area contributed by atoms with Gasteiger partial charge in [0.15, 0.2) is 0 Å². The Morgan fingerprint density at radius 2 is 2.10 bits per heavy atom. The van der Waals surface area contributed by atoms with E-state index in [0.717, 1.165) is 21.8 Å². The maximum atomic E-state index is 12.4. The molecule has 12 heteroatoms. The highest BCUT2D eigenvalue weighted by molar-refractivity contribution is 9.10. The fourth-order valence-corrected chi connectivity index (χ4v) is 3.50. The highest BCUT2D eigenvalue weighted by Gasteiger charge is 2.14. The van der Waals surface area contributed by atoms with Crippen molar-refractivity contribution < 1.29 is 14.3 Å². The minimum Gasteiger partial charge on any atom is -0.497 e. The molecular weight excluding hydrogens is 486 g/mol. The molecule has 1 heterocycles. The summed E-state index contributed by atoms with van der Waals surface area (Å²) in [5.41, 5.74) is 4.13. The third-order valence-electron chi connectivity index (χ3n) is 3.90. The van der Waals surface area contributed by atoms with Crippen molar-refractivity contribution in [3.63, 3.8) is 0 Å². The number of halogens is 1. The van der Waals surface area contributed by atoms with E-state index in [9.17, 15) is 4.79 Å². The van der Waals surface area contributed by atoms with E-state index in [4.69, 9.17) is 15.3 Å². The average molecular weight is 506 g/mol. The van der Waals surface area contributed by atoms with E-state index in [0.29, 0.717) is 22.3 Å². The lowest BCUT2D eigenvalue weighted by molar-refractivity contribution is -0.113. The number of nitrogens with one attached hydrogen (secondary N) is 2. The molecule has 0 spiro atoms. The van der Waals surface area contributed by atoms with Gasteiger partial charge in [0, 0.05) is 10.5 Å². The minimum atomic E-state index is -0.262. The van der Waals surface area contributed by atoms with Crippen LogP contribution in [0.5, 0.6) is 11.5 Å². The molecule has 10 nitrogen and oxygen atoms in total. The molecule has 0 bridgehead atoms. The molecule has 1 aromatic heterocycles. The van der Waals surface area contributed by atoms with Crippen LogP contribution >= 0.6 is 27.7 Å². The number of nitrogens with two attached hydrogens (primary N) is 1. The van der Waals surface area contributed by atoms with Crippen LogP contribution in [-0.4, -0.2) is 47.0 Å². The number of ether oxygens (including phenoxy) is 2. The topological polar surface area (TPSA) is 129 Å². The molecule has 3 rings (SSSR count). The molecule has 0 aliphatic heterocycles. The number of hydrogen-bond donors (Lipinski definition) is 3. The zero-order valence-corrected chi connectivity index (χ0v) is 19.1. The summed E-state index contributed by atoms with van der Waals surface area (Å²) in [6, 6.07) is 12.8. The number of carbonyl (C=O) groups excluding carboxylic acids is 1. The number of anilines is 2. The van der Waals surface area contributed by atoms with Crippen LogP contribution < -0.4 is 26.1 Å². The molecule has 0 aliphatic carbocycles. The predicted octanol–water partition coefficient (Wildman–Crippen LogP) is 2.95. The normalized spacial score (nSPS) is 10.8. The molecule has 1 amide bonds. The van der Waals surface area contributed by atoms with Gasteiger partial charge in [-0.1, -0.05) is 39.8 Å². The second-order valence-corrected chi connectivity index (χ2v) is 7.86. The van der Waals surface area contributed by atoms with Gasteiger partial charge in [0.1, 0.15) is 11.5 Å². The van der Waals surface area contributed by atoms with Crippen LogP contribution in [0.2, 0.25) is 0 Å². The van der Waals surface area contributed by atoms with Crippen molar-refractivity contribution in [3.05, 3.63) is 52.5 Å². The van der Waals surface area contributed by atoms with Gasteiger partial charge in [-0.3, -0.25) is 4.79 Å². The number of amides is 1. The second kappa shape index (κ2) is 10.7. The first-order valence-electron chi connectivity index (χ1n) is 8.90. The molecule has 0 saturated carbocycles. The summed E-state index contributed by atoms with van der Waals surface area (Å²) in [5.74, 6) is 7.16. The van der Waals surface area contributed by atoms with E-state index >= 15 is 0 Å². The Morgan fingerprint density at radius 3 is 2.84 bits per heavy atom. The summed E-state index contributed by atoms with van der Waals surface area (Å²) < 4.78 is 12.6. The van der Waals surface area contributed by atoms with Crippen LogP contribution in [0.25, 0.3) is 0 Å². The Hall–Kier alpha value is -3.25. The Bertz CT molecular complexity index is 1090. The van der Waals surface area contributed by atoms with Crippen molar-refractivity contribution >= 4 is 51.4 Å². The second-order valence-electron chi connectivity index (χ2n) is 6.00. The number of rotatable bonds is 9. The molecule has 4 N–H and O–H groups in total. The Balaban J connectivity index is 1.56. The number of thioether (sulfide) groups is 1. The first kappa shape index (κ1) is 22.4. The van der Waals surface area contributed by atoms with Gasteiger partial charge in [0.25, 0.3) is 5.95 Å². The van der Waals surface area contributed by atoms with Crippen LogP contribution in [0.3, 0.4) is 0 Å². The lowest BCUT2D eigenvalue weighted by Crippen LogP contribution is -2.17. The van der Waals surface area contributed by atoms with Gasteiger partial charge in [-0.2, -0.15) is 5.10 Å². The highest BCUT2D eigenvalue weighted by Crippen LogP contribution is 2.29. The van der Waals surface area contributed by atoms with E-state index in [-0.39, 0.29) is 17.6 Å². The van der Waals surface area contributed by atoms with Crippen molar-refractivity contribution in [2.24, 2.45) is 5.10 Å². The largest absolute Gasteiger partial charge is 0.497 e. The summed E-state index contributed by atoms with van der Waals surface area (Å²) in [5, 5.41) is 15.2. The van der Waals surface area contributed by atoms with E-state index in [1.165, 1.54) is 11.8 Å². The van der Waals surface area contributed by atoms with Crippen LogP contribution in [-0.2, 0) is 4.79 Å². The summed E-state index contributed by atoms with van der Waals surface area (Å²) in [6.45, 7) is 0. The first-order valence-corrected chi connectivity index (χ1v) is 10.7. The number of hydrazone groups is 1. The fourth-order valence-electron chi connectivity index (χ4n) is 2.43. The van der Waals surface area contributed by atoms with Gasteiger partial charge < -0.3 is 20.6 Å². The Morgan fingerprint density at radius 1 is 1.26 bits per heavy atom. The zero-order valence-electron chi connectivity index (χ0n) is 16.7. The molecule has 0 atom stereocenters. The first-order chi connectivity index (χ1) is 15.0. The van der Waals surface area contributed by atoms with Crippen molar-refractivity contribution in [2.45, 2.75) is 5.16 Å². The van der Waals surface area contributed by atoms with Gasteiger partial charge >= 0.3 is 0 Å². The summed E-state index contributed by atoms with van der Waals surface area (Å²) >= 11 is 4.53.